The fourth-order valence-electron chi connectivity index (χ4n) is 1.28. The van der Waals surface area contributed by atoms with Gasteiger partial charge in [0.15, 0.2) is 0 Å². The topological polar surface area (TPSA) is 20.2 Å². The van der Waals surface area contributed by atoms with Gasteiger partial charge in [-0.25, -0.2) is 0 Å². The van der Waals surface area contributed by atoms with Gasteiger partial charge in [-0.15, -0.1) is 0 Å². The highest BCUT2D eigenvalue weighted by molar-refractivity contribution is 5.28. The van der Waals surface area contributed by atoms with Gasteiger partial charge in [-0.3, -0.25) is 0 Å². The molecule has 1 aromatic rings. The van der Waals surface area contributed by atoms with Crippen molar-refractivity contribution in [3.63, 3.8) is 0 Å². The summed E-state index contributed by atoms with van der Waals surface area (Å²) >= 11 is 0. The molecule has 0 aliphatic carbocycles. The normalized spacial score (nSPS) is 16.1. The van der Waals surface area contributed by atoms with Crippen molar-refractivity contribution < 1.29 is 18.3 Å². The van der Waals surface area contributed by atoms with E-state index >= 15 is 0 Å². The van der Waals surface area contributed by atoms with E-state index in [-0.39, 0.29) is 5.92 Å². The van der Waals surface area contributed by atoms with Gasteiger partial charge in [0.25, 0.3) is 0 Å². The van der Waals surface area contributed by atoms with Crippen LogP contribution in [0.2, 0.25) is 0 Å². The van der Waals surface area contributed by atoms with Crippen LogP contribution in [-0.2, 0) is 6.18 Å². The molecule has 15 heavy (non-hydrogen) atoms. The predicted octanol–water partition coefficient (Wildman–Crippen LogP) is 3.19. The van der Waals surface area contributed by atoms with Crippen molar-refractivity contribution in [1.82, 2.24) is 0 Å². The van der Waals surface area contributed by atoms with Crippen LogP contribution in [0.3, 0.4) is 0 Å². The summed E-state index contributed by atoms with van der Waals surface area (Å²) in [6, 6.07) is 5.05. The Balaban J connectivity index is 3.03. The molecular formula is C11H13F3O. The van der Waals surface area contributed by atoms with Gasteiger partial charge in [0.2, 0.25) is 0 Å². The molecule has 2 unspecified atom stereocenters. The molecular weight excluding hydrogens is 205 g/mol. The van der Waals surface area contributed by atoms with E-state index in [0.717, 1.165) is 12.1 Å². The zero-order valence-corrected chi connectivity index (χ0v) is 8.55. The average Bonchev–Trinajstić information content (AvgIpc) is 2.15. The molecule has 2 atom stereocenters. The smallest absolute Gasteiger partial charge is 0.393 e. The Bertz CT molecular complexity index is 331. The number of benzene rings is 1. The third-order valence-corrected chi connectivity index (χ3v) is 2.46. The maximum atomic E-state index is 12.4. The Hall–Kier alpha value is -1.03. The first-order valence-corrected chi connectivity index (χ1v) is 4.67. The molecule has 84 valence electrons. The van der Waals surface area contributed by atoms with E-state index in [0.29, 0.717) is 5.56 Å². The molecule has 1 N–H and O–H groups in total. The summed E-state index contributed by atoms with van der Waals surface area (Å²) in [5, 5.41) is 9.29. The van der Waals surface area contributed by atoms with Crippen molar-refractivity contribution >= 4 is 0 Å². The van der Waals surface area contributed by atoms with Gasteiger partial charge in [-0.1, -0.05) is 25.1 Å². The second-order valence-corrected chi connectivity index (χ2v) is 3.65. The molecule has 0 spiro atoms. The van der Waals surface area contributed by atoms with Crippen LogP contribution in [0.5, 0.6) is 0 Å². The first kappa shape index (κ1) is 12.0. The Morgan fingerprint density at radius 2 is 1.80 bits per heavy atom. The summed E-state index contributed by atoms with van der Waals surface area (Å²) in [6.07, 6.45) is -4.98. The van der Waals surface area contributed by atoms with E-state index < -0.39 is 17.8 Å². The summed E-state index contributed by atoms with van der Waals surface area (Å²) in [5.74, 6) is -0.299. The van der Waals surface area contributed by atoms with E-state index in [1.54, 1.807) is 19.9 Å². The standard InChI is InChI=1S/C11H13F3O/c1-7(8(2)15)9-4-3-5-10(6-9)11(12,13)14/h3-8,15H,1-2H3. The van der Waals surface area contributed by atoms with Gasteiger partial charge in [-0.05, 0) is 18.6 Å². The largest absolute Gasteiger partial charge is 0.416 e. The number of halogens is 3. The Labute approximate surface area is 86.5 Å². The molecule has 0 aliphatic rings. The van der Waals surface area contributed by atoms with Crippen LogP contribution in [0.25, 0.3) is 0 Å². The molecule has 1 aromatic carbocycles. The average molecular weight is 218 g/mol. The van der Waals surface area contributed by atoms with E-state index in [4.69, 9.17) is 0 Å². The molecule has 1 rings (SSSR count). The lowest BCUT2D eigenvalue weighted by molar-refractivity contribution is -0.137. The van der Waals surface area contributed by atoms with Crippen LogP contribution in [0, 0.1) is 0 Å². The molecule has 0 saturated heterocycles. The molecule has 1 nitrogen and oxygen atoms in total. The Kier molecular flexibility index (Phi) is 3.39. The Morgan fingerprint density at radius 3 is 2.27 bits per heavy atom. The number of aliphatic hydroxyl groups is 1. The fraction of sp³-hybridized carbons (Fsp3) is 0.455. The van der Waals surface area contributed by atoms with E-state index in [1.807, 2.05) is 0 Å². The van der Waals surface area contributed by atoms with Crippen LogP contribution < -0.4 is 0 Å². The lowest BCUT2D eigenvalue weighted by atomic mass is 9.95. The number of alkyl halides is 3. The van der Waals surface area contributed by atoms with E-state index in [9.17, 15) is 18.3 Å². The molecule has 0 aliphatic heterocycles. The van der Waals surface area contributed by atoms with E-state index in [1.165, 1.54) is 6.07 Å². The second kappa shape index (κ2) is 4.23. The van der Waals surface area contributed by atoms with Crippen molar-refractivity contribution in [2.24, 2.45) is 0 Å². The molecule has 0 radical (unpaired) electrons. The maximum absolute atomic E-state index is 12.4. The van der Waals surface area contributed by atoms with Crippen LogP contribution in [0.15, 0.2) is 24.3 Å². The SMILES string of the molecule is CC(O)C(C)c1cccc(C(F)(F)F)c1. The van der Waals surface area contributed by atoms with Gasteiger partial charge in [-0.2, -0.15) is 13.2 Å². The molecule has 0 fully saturated rings. The number of hydrogen-bond acceptors (Lipinski definition) is 1. The van der Waals surface area contributed by atoms with Crippen molar-refractivity contribution in [2.75, 3.05) is 0 Å². The first-order chi connectivity index (χ1) is 6.82. The number of hydrogen-bond donors (Lipinski definition) is 1. The quantitative estimate of drug-likeness (QED) is 0.808. The zero-order chi connectivity index (χ0) is 11.6. The highest BCUT2D eigenvalue weighted by Gasteiger charge is 2.30. The third kappa shape index (κ3) is 2.96. The van der Waals surface area contributed by atoms with Crippen molar-refractivity contribution in [1.29, 1.82) is 0 Å². The lowest BCUT2D eigenvalue weighted by Gasteiger charge is -2.16. The molecule has 0 bridgehead atoms. The minimum absolute atomic E-state index is 0.299. The zero-order valence-electron chi connectivity index (χ0n) is 8.55. The molecule has 0 heterocycles. The molecule has 0 saturated carbocycles. The highest BCUT2D eigenvalue weighted by Crippen LogP contribution is 2.31. The van der Waals surface area contributed by atoms with Crippen LogP contribution in [0.4, 0.5) is 13.2 Å². The minimum atomic E-state index is -4.32. The summed E-state index contributed by atoms with van der Waals surface area (Å²) in [5.41, 5.74) is -0.174. The summed E-state index contributed by atoms with van der Waals surface area (Å²) in [7, 11) is 0. The lowest BCUT2D eigenvalue weighted by Crippen LogP contribution is -2.12. The van der Waals surface area contributed by atoms with Crippen molar-refractivity contribution in [3.8, 4) is 0 Å². The maximum Gasteiger partial charge on any atom is 0.416 e. The summed E-state index contributed by atoms with van der Waals surface area (Å²) in [4.78, 5) is 0. The molecule has 0 amide bonds. The van der Waals surface area contributed by atoms with Crippen LogP contribution >= 0.6 is 0 Å². The first-order valence-electron chi connectivity index (χ1n) is 4.67. The molecule has 0 aromatic heterocycles. The van der Waals surface area contributed by atoms with Gasteiger partial charge in [0.1, 0.15) is 0 Å². The fourth-order valence-corrected chi connectivity index (χ4v) is 1.28. The number of aliphatic hydroxyl groups excluding tert-OH is 1. The third-order valence-electron chi connectivity index (χ3n) is 2.46. The van der Waals surface area contributed by atoms with Gasteiger partial charge in [0, 0.05) is 5.92 Å². The van der Waals surface area contributed by atoms with Crippen molar-refractivity contribution in [2.45, 2.75) is 32.0 Å². The number of rotatable bonds is 2. The van der Waals surface area contributed by atoms with Gasteiger partial charge < -0.3 is 5.11 Å². The second-order valence-electron chi connectivity index (χ2n) is 3.65. The van der Waals surface area contributed by atoms with Gasteiger partial charge in [0.05, 0.1) is 11.7 Å². The predicted molar refractivity (Wildman–Crippen MR) is 51.5 cm³/mol. The van der Waals surface area contributed by atoms with Crippen molar-refractivity contribution in [3.05, 3.63) is 35.4 Å². The molecule has 4 heteroatoms. The van der Waals surface area contributed by atoms with Crippen LogP contribution in [0.1, 0.15) is 30.9 Å². The summed E-state index contributed by atoms with van der Waals surface area (Å²) in [6.45, 7) is 3.26. The van der Waals surface area contributed by atoms with Crippen LogP contribution in [-0.4, -0.2) is 11.2 Å². The van der Waals surface area contributed by atoms with E-state index in [2.05, 4.69) is 0 Å². The summed E-state index contributed by atoms with van der Waals surface area (Å²) < 4.78 is 37.1. The Morgan fingerprint density at radius 1 is 1.20 bits per heavy atom. The minimum Gasteiger partial charge on any atom is -0.393 e. The monoisotopic (exact) mass is 218 g/mol. The highest BCUT2D eigenvalue weighted by atomic mass is 19.4. The van der Waals surface area contributed by atoms with Gasteiger partial charge >= 0.3 is 6.18 Å².